The van der Waals surface area contributed by atoms with Gasteiger partial charge in [0.2, 0.25) is 6.54 Å². The maximum absolute atomic E-state index is 13.8. The predicted molar refractivity (Wildman–Crippen MR) is 164 cm³/mol. The number of likely N-dealkylation sites (N-methyl/N-ethyl adjacent to an activating group) is 1. The number of nitrogens with zero attached hydrogens (tertiary/aromatic N) is 7. The Balaban J connectivity index is 1.42. The van der Waals surface area contributed by atoms with E-state index in [0.717, 1.165) is 35.0 Å². The fourth-order valence-electron chi connectivity index (χ4n) is 5.76. The normalized spacial score (nSPS) is 19.4. The van der Waals surface area contributed by atoms with Gasteiger partial charge in [-0.25, -0.2) is 15.9 Å². The van der Waals surface area contributed by atoms with Crippen molar-refractivity contribution in [3.8, 4) is 17.3 Å². The Morgan fingerprint density at radius 3 is 2.86 bits per heavy atom. The average Bonchev–Trinajstić information content (AvgIpc) is 3.64. The minimum atomic E-state index is -1.04. The molecule has 2 saturated heterocycles. The second-order valence-corrected chi connectivity index (χ2v) is 11.9. The zero-order valence-electron chi connectivity index (χ0n) is 23.1. The van der Waals surface area contributed by atoms with E-state index >= 15 is 0 Å². The Labute approximate surface area is 252 Å². The largest absolute Gasteiger partial charge is 0.462 e. The molecule has 0 saturated carbocycles. The van der Waals surface area contributed by atoms with Crippen molar-refractivity contribution in [2.75, 3.05) is 51.3 Å². The Morgan fingerprint density at radius 1 is 1.24 bits per heavy atom. The first-order valence-corrected chi connectivity index (χ1v) is 15.0. The monoisotopic (exact) mass is 605 g/mol. The molecule has 0 aliphatic carbocycles. The van der Waals surface area contributed by atoms with Crippen LogP contribution in [0.3, 0.4) is 0 Å². The van der Waals surface area contributed by atoms with Crippen molar-refractivity contribution in [3.05, 3.63) is 64.6 Å². The maximum Gasteiger partial charge on any atom is 0.320 e. The first-order valence-electron chi connectivity index (χ1n) is 13.8. The van der Waals surface area contributed by atoms with Crippen LogP contribution in [0.4, 0.5) is 10.2 Å². The minimum Gasteiger partial charge on any atom is -0.462 e. The first kappa shape index (κ1) is 28.3. The molecule has 3 aromatic heterocycles. The molecule has 0 N–H and O–H groups in total. The van der Waals surface area contributed by atoms with Crippen LogP contribution in [0.5, 0.6) is 6.01 Å². The summed E-state index contributed by atoms with van der Waals surface area (Å²) in [5, 5.41) is 4.23. The van der Waals surface area contributed by atoms with Crippen LogP contribution in [0.2, 0.25) is 5.02 Å². The Bertz CT molecular complexity index is 1720. The number of rotatable bonds is 7. The van der Waals surface area contributed by atoms with Crippen LogP contribution in [0.15, 0.2) is 48.1 Å². The topological polar surface area (TPSA) is 79.1 Å². The lowest BCUT2D eigenvalue weighted by molar-refractivity contribution is -0.131. The number of piperazine rings is 1. The van der Waals surface area contributed by atoms with Crippen LogP contribution in [0.1, 0.15) is 12.8 Å². The number of hydrogen-bond acceptors (Lipinski definition) is 8. The number of aromatic nitrogens is 3. The number of carbonyl (C=O) groups is 1. The van der Waals surface area contributed by atoms with Crippen molar-refractivity contribution in [1.29, 1.82) is 0 Å². The highest BCUT2D eigenvalue weighted by molar-refractivity contribution is 7.17. The molecule has 0 unspecified atom stereocenters. The fourth-order valence-corrected chi connectivity index (χ4v) is 6.93. The molecule has 0 spiro atoms. The van der Waals surface area contributed by atoms with Gasteiger partial charge in [-0.1, -0.05) is 36.4 Å². The van der Waals surface area contributed by atoms with Crippen LogP contribution in [-0.4, -0.2) is 89.1 Å². The molecule has 0 radical (unpaired) electrons. The quantitative estimate of drug-likeness (QED) is 0.205. The van der Waals surface area contributed by atoms with Gasteiger partial charge in [0.25, 0.3) is 5.91 Å². The van der Waals surface area contributed by atoms with E-state index in [9.17, 15) is 9.18 Å². The zero-order chi connectivity index (χ0) is 29.4. The third-order valence-electron chi connectivity index (χ3n) is 7.99. The van der Waals surface area contributed by atoms with Crippen LogP contribution < -0.4 is 9.64 Å². The molecule has 2 aliphatic rings. The molecule has 9 nitrogen and oxygen atoms in total. The molecule has 0 bridgehead atoms. The van der Waals surface area contributed by atoms with Gasteiger partial charge >= 0.3 is 6.01 Å². The van der Waals surface area contributed by atoms with E-state index in [1.807, 2.05) is 28.5 Å². The molecular formula is C30H29ClFN7O2S. The summed E-state index contributed by atoms with van der Waals surface area (Å²) in [5.74, 6) is -1.29. The van der Waals surface area contributed by atoms with Gasteiger partial charge < -0.3 is 24.3 Å². The maximum atomic E-state index is 13.8. The van der Waals surface area contributed by atoms with Crippen molar-refractivity contribution in [3.63, 3.8) is 0 Å². The molecule has 2 aliphatic heterocycles. The van der Waals surface area contributed by atoms with Crippen LogP contribution >= 0.6 is 22.9 Å². The number of ether oxygens (including phenoxy) is 1. The molecule has 1 aromatic carbocycles. The number of halogens is 2. The highest BCUT2D eigenvalue weighted by atomic mass is 35.5. The molecule has 2 atom stereocenters. The lowest BCUT2D eigenvalue weighted by Gasteiger charge is -2.39. The number of benzene rings is 1. The van der Waals surface area contributed by atoms with Crippen molar-refractivity contribution in [2.45, 2.75) is 24.9 Å². The number of hydrogen-bond donors (Lipinski definition) is 0. The van der Waals surface area contributed by atoms with Crippen molar-refractivity contribution >= 4 is 55.8 Å². The van der Waals surface area contributed by atoms with E-state index in [4.69, 9.17) is 37.9 Å². The lowest BCUT2D eigenvalue weighted by atomic mass is 10.1. The minimum absolute atomic E-state index is 0.0177. The molecule has 5 heterocycles. The smallest absolute Gasteiger partial charge is 0.320 e. The molecular weight excluding hydrogens is 577 g/mol. The zero-order valence-corrected chi connectivity index (χ0v) is 24.7. The number of anilines is 1. The second-order valence-electron chi connectivity index (χ2n) is 10.6. The van der Waals surface area contributed by atoms with Gasteiger partial charge in [0.1, 0.15) is 18.5 Å². The summed E-state index contributed by atoms with van der Waals surface area (Å²) < 4.78 is 21.0. The Morgan fingerprint density at radius 2 is 2.10 bits per heavy atom. The van der Waals surface area contributed by atoms with Crippen LogP contribution in [0, 0.1) is 6.57 Å². The van der Waals surface area contributed by atoms with E-state index in [0.29, 0.717) is 40.7 Å². The first-order chi connectivity index (χ1) is 20.3. The molecule has 2 fully saturated rings. The van der Waals surface area contributed by atoms with Gasteiger partial charge in [0.15, 0.2) is 11.5 Å². The number of thiophene rings is 1. The molecule has 6 rings (SSSR count). The summed E-state index contributed by atoms with van der Waals surface area (Å²) in [6.07, 6.45) is 2.15. The van der Waals surface area contributed by atoms with Crippen molar-refractivity contribution < 1.29 is 13.9 Å². The van der Waals surface area contributed by atoms with Gasteiger partial charge in [0, 0.05) is 35.9 Å². The van der Waals surface area contributed by atoms with Gasteiger partial charge in [-0.05, 0) is 49.3 Å². The summed E-state index contributed by atoms with van der Waals surface area (Å²) in [5.41, 5.74) is 1.96. The number of likely N-dealkylation sites (tertiary alicyclic amines) is 1. The second kappa shape index (κ2) is 11.8. The highest BCUT2D eigenvalue weighted by Gasteiger charge is 2.35. The molecule has 216 valence electrons. The molecule has 1 amide bonds. The predicted octanol–water partition coefficient (Wildman–Crippen LogP) is 5.45. The van der Waals surface area contributed by atoms with E-state index < -0.39 is 17.8 Å². The third kappa shape index (κ3) is 5.38. The van der Waals surface area contributed by atoms with Gasteiger partial charge in [0.05, 0.1) is 16.1 Å². The lowest BCUT2D eigenvalue weighted by Crippen LogP contribution is -2.56. The highest BCUT2D eigenvalue weighted by Crippen LogP contribution is 2.38. The summed E-state index contributed by atoms with van der Waals surface area (Å²) in [4.78, 5) is 36.0. The molecule has 42 heavy (non-hydrogen) atoms. The third-order valence-corrected chi connectivity index (χ3v) is 9.24. The van der Waals surface area contributed by atoms with Crippen LogP contribution in [-0.2, 0) is 4.79 Å². The number of amides is 1. The summed E-state index contributed by atoms with van der Waals surface area (Å²) in [6.45, 7) is 12.9. The summed E-state index contributed by atoms with van der Waals surface area (Å²) in [6, 6.07) is 9.84. The van der Waals surface area contributed by atoms with E-state index in [2.05, 4.69) is 35.5 Å². The number of fused-ring (bicyclic) bond motifs is 2. The number of pyridine rings is 1. The van der Waals surface area contributed by atoms with Gasteiger partial charge in [-0.2, -0.15) is 9.97 Å². The molecule has 12 heteroatoms. The van der Waals surface area contributed by atoms with E-state index in [1.165, 1.54) is 4.90 Å². The SMILES string of the molecule is [C-]#[N+]C[C@H]1CN(c2nc(OC[C@@H]3CCCN3C)nc3nc(-c4cccc5ccsc45)c(Cl)cc23)CCN1C(=O)C(=C)F. The summed E-state index contributed by atoms with van der Waals surface area (Å²) >= 11 is 8.51. The Hall–Kier alpha value is -3.85. The van der Waals surface area contributed by atoms with E-state index in [-0.39, 0.29) is 31.7 Å². The number of carbonyl (C=O) groups excluding carboxylic acids is 1. The molecule has 4 aromatic rings. The van der Waals surface area contributed by atoms with Crippen molar-refractivity contribution in [2.24, 2.45) is 0 Å². The van der Waals surface area contributed by atoms with Crippen LogP contribution in [0.25, 0.3) is 37.2 Å². The summed E-state index contributed by atoms with van der Waals surface area (Å²) in [7, 11) is 2.08. The fraction of sp³-hybridized carbons (Fsp3) is 0.367. The van der Waals surface area contributed by atoms with Gasteiger partial charge in [-0.15, -0.1) is 11.3 Å². The van der Waals surface area contributed by atoms with E-state index in [1.54, 1.807) is 11.3 Å². The van der Waals surface area contributed by atoms with Crippen molar-refractivity contribution in [1.82, 2.24) is 24.8 Å². The standard InChI is InChI=1S/C30H29ClFN7O2S/c1-18(32)29(40)39-12-11-38(16-21(39)15-33-2)28-23-14-24(31)25(22-8-4-6-19-9-13-42-26(19)22)34-27(23)35-30(36-28)41-17-20-7-5-10-37(20)3/h4,6,8-9,13-14,20-21H,1,5,7,10-12,15-17H2,3H3/t20-,21-/m0/s1. The Kier molecular flexibility index (Phi) is 7.94. The van der Waals surface area contributed by atoms with Gasteiger partial charge in [-0.3, -0.25) is 4.79 Å². The average molecular weight is 606 g/mol.